The predicted molar refractivity (Wildman–Crippen MR) is 86.2 cm³/mol. The van der Waals surface area contributed by atoms with Crippen LogP contribution >= 0.6 is 12.2 Å². The van der Waals surface area contributed by atoms with Gasteiger partial charge in [-0.2, -0.15) is 0 Å². The number of aryl methyl sites for hydroxylation is 1. The summed E-state index contributed by atoms with van der Waals surface area (Å²) in [4.78, 5) is 14.4. The molecule has 0 spiro atoms. The number of rotatable bonds is 3. The number of benzene rings is 2. The SMILES string of the molecule is Cc1cccc(N(C)C(=O)c2ccc(C(N)=S)cc2)c1. The van der Waals surface area contributed by atoms with Gasteiger partial charge in [-0.25, -0.2) is 0 Å². The van der Waals surface area contributed by atoms with E-state index in [1.807, 2.05) is 31.2 Å². The van der Waals surface area contributed by atoms with Gasteiger partial charge in [-0.05, 0) is 36.8 Å². The second-order valence-corrected chi connectivity index (χ2v) is 5.08. The normalized spacial score (nSPS) is 10.1. The van der Waals surface area contributed by atoms with E-state index in [-0.39, 0.29) is 5.91 Å². The van der Waals surface area contributed by atoms with Crippen molar-refractivity contribution in [3.8, 4) is 0 Å². The van der Waals surface area contributed by atoms with Crippen LogP contribution in [0.15, 0.2) is 48.5 Å². The zero-order valence-corrected chi connectivity index (χ0v) is 12.3. The second kappa shape index (κ2) is 5.84. The van der Waals surface area contributed by atoms with E-state index in [0.717, 1.165) is 16.8 Å². The molecule has 2 aromatic rings. The minimum absolute atomic E-state index is 0.0647. The number of thiocarbonyl (C=S) groups is 1. The van der Waals surface area contributed by atoms with Gasteiger partial charge in [-0.3, -0.25) is 4.79 Å². The number of hydrogen-bond acceptors (Lipinski definition) is 2. The average molecular weight is 284 g/mol. The summed E-state index contributed by atoms with van der Waals surface area (Å²) in [5.74, 6) is -0.0647. The highest BCUT2D eigenvalue weighted by Gasteiger charge is 2.13. The number of carbonyl (C=O) groups is 1. The highest BCUT2D eigenvalue weighted by Crippen LogP contribution is 2.17. The van der Waals surface area contributed by atoms with Crippen molar-refractivity contribution < 1.29 is 4.79 Å². The number of nitrogens with zero attached hydrogens (tertiary/aromatic N) is 1. The molecule has 0 saturated heterocycles. The highest BCUT2D eigenvalue weighted by molar-refractivity contribution is 7.80. The van der Waals surface area contributed by atoms with Crippen LogP contribution in [0.1, 0.15) is 21.5 Å². The molecule has 0 atom stereocenters. The van der Waals surface area contributed by atoms with Crippen molar-refractivity contribution in [3.05, 3.63) is 65.2 Å². The maximum Gasteiger partial charge on any atom is 0.258 e. The van der Waals surface area contributed by atoms with Crippen molar-refractivity contribution in [2.24, 2.45) is 5.73 Å². The Bertz CT molecular complexity index is 650. The Kier molecular flexibility index (Phi) is 4.15. The van der Waals surface area contributed by atoms with Gasteiger partial charge in [-0.1, -0.05) is 36.5 Å². The van der Waals surface area contributed by atoms with Crippen LogP contribution in [-0.2, 0) is 0 Å². The lowest BCUT2D eigenvalue weighted by atomic mass is 10.1. The van der Waals surface area contributed by atoms with Gasteiger partial charge in [0, 0.05) is 23.9 Å². The first-order valence-corrected chi connectivity index (χ1v) is 6.64. The standard InChI is InChI=1S/C16H16N2OS/c1-11-4-3-5-14(10-11)18(2)16(19)13-8-6-12(7-9-13)15(17)20/h3-10H,1-2H3,(H2,17,20). The van der Waals surface area contributed by atoms with Gasteiger partial charge in [0.1, 0.15) is 4.99 Å². The van der Waals surface area contributed by atoms with E-state index in [9.17, 15) is 4.79 Å². The summed E-state index contributed by atoms with van der Waals surface area (Å²) in [6.45, 7) is 2.00. The first-order valence-electron chi connectivity index (χ1n) is 6.23. The molecule has 3 nitrogen and oxygen atoms in total. The van der Waals surface area contributed by atoms with Crippen LogP contribution in [0.4, 0.5) is 5.69 Å². The van der Waals surface area contributed by atoms with Crippen LogP contribution in [0.5, 0.6) is 0 Å². The van der Waals surface area contributed by atoms with Gasteiger partial charge in [0.05, 0.1) is 0 Å². The molecule has 0 fully saturated rings. The zero-order valence-electron chi connectivity index (χ0n) is 11.5. The quantitative estimate of drug-likeness (QED) is 0.882. The molecule has 1 amide bonds. The lowest BCUT2D eigenvalue weighted by molar-refractivity contribution is 0.0993. The van der Waals surface area contributed by atoms with Crippen LogP contribution in [-0.4, -0.2) is 17.9 Å². The molecule has 0 aromatic heterocycles. The number of carbonyl (C=O) groups excluding carboxylic acids is 1. The minimum atomic E-state index is -0.0647. The summed E-state index contributed by atoms with van der Waals surface area (Å²) in [6.07, 6.45) is 0. The van der Waals surface area contributed by atoms with Crippen molar-refractivity contribution in [1.82, 2.24) is 0 Å². The van der Waals surface area contributed by atoms with Crippen LogP contribution in [0.25, 0.3) is 0 Å². The molecule has 4 heteroatoms. The third kappa shape index (κ3) is 3.03. The monoisotopic (exact) mass is 284 g/mol. The summed E-state index contributed by atoms with van der Waals surface area (Å²) < 4.78 is 0. The average Bonchev–Trinajstić information content (AvgIpc) is 2.46. The summed E-state index contributed by atoms with van der Waals surface area (Å²) in [7, 11) is 1.76. The molecule has 2 rings (SSSR count). The lowest BCUT2D eigenvalue weighted by Crippen LogP contribution is -2.26. The fourth-order valence-corrected chi connectivity index (χ4v) is 2.06. The molecule has 20 heavy (non-hydrogen) atoms. The fourth-order valence-electron chi connectivity index (χ4n) is 1.92. The van der Waals surface area contributed by atoms with Crippen molar-refractivity contribution in [1.29, 1.82) is 0 Å². The minimum Gasteiger partial charge on any atom is -0.389 e. The van der Waals surface area contributed by atoms with Crippen LogP contribution in [0, 0.1) is 6.92 Å². The van der Waals surface area contributed by atoms with Gasteiger partial charge < -0.3 is 10.6 Å². The zero-order chi connectivity index (χ0) is 14.7. The smallest absolute Gasteiger partial charge is 0.258 e. The predicted octanol–water partition coefficient (Wildman–Crippen LogP) is 2.91. The van der Waals surface area contributed by atoms with E-state index in [2.05, 4.69) is 0 Å². The third-order valence-electron chi connectivity index (χ3n) is 3.11. The van der Waals surface area contributed by atoms with Crippen LogP contribution in [0.3, 0.4) is 0 Å². The lowest BCUT2D eigenvalue weighted by Gasteiger charge is -2.18. The van der Waals surface area contributed by atoms with E-state index in [0.29, 0.717) is 10.6 Å². The highest BCUT2D eigenvalue weighted by atomic mass is 32.1. The molecule has 0 aliphatic rings. The van der Waals surface area contributed by atoms with E-state index in [1.54, 1.807) is 36.2 Å². The van der Waals surface area contributed by atoms with E-state index >= 15 is 0 Å². The Morgan fingerprint density at radius 1 is 1.10 bits per heavy atom. The molecule has 0 bridgehead atoms. The Labute approximate surface area is 124 Å². The molecule has 0 aliphatic carbocycles. The number of amides is 1. The maximum absolute atomic E-state index is 12.4. The van der Waals surface area contributed by atoms with Crippen LogP contribution in [0.2, 0.25) is 0 Å². The molecule has 0 saturated carbocycles. The molecular weight excluding hydrogens is 268 g/mol. The molecule has 102 valence electrons. The van der Waals surface area contributed by atoms with Crippen molar-refractivity contribution >= 4 is 28.8 Å². The first kappa shape index (κ1) is 14.2. The Morgan fingerprint density at radius 3 is 2.25 bits per heavy atom. The molecule has 0 heterocycles. The van der Waals surface area contributed by atoms with E-state index in [1.165, 1.54) is 0 Å². The summed E-state index contributed by atoms with van der Waals surface area (Å²) in [6, 6.07) is 14.8. The Morgan fingerprint density at radius 2 is 1.70 bits per heavy atom. The van der Waals surface area contributed by atoms with E-state index in [4.69, 9.17) is 18.0 Å². The molecule has 0 unspecified atom stereocenters. The molecule has 0 radical (unpaired) electrons. The van der Waals surface area contributed by atoms with Crippen LogP contribution < -0.4 is 10.6 Å². The summed E-state index contributed by atoms with van der Waals surface area (Å²) in [5, 5.41) is 0. The van der Waals surface area contributed by atoms with Gasteiger partial charge in [0.15, 0.2) is 0 Å². The second-order valence-electron chi connectivity index (χ2n) is 4.64. The van der Waals surface area contributed by atoms with Crippen molar-refractivity contribution in [2.45, 2.75) is 6.92 Å². The van der Waals surface area contributed by atoms with E-state index < -0.39 is 0 Å². The van der Waals surface area contributed by atoms with Gasteiger partial charge in [0.2, 0.25) is 0 Å². The van der Waals surface area contributed by atoms with Gasteiger partial charge in [0.25, 0.3) is 5.91 Å². The summed E-state index contributed by atoms with van der Waals surface area (Å²) >= 11 is 4.90. The molecular formula is C16H16N2OS. The largest absolute Gasteiger partial charge is 0.389 e. The molecule has 0 aliphatic heterocycles. The maximum atomic E-state index is 12.4. The number of nitrogens with two attached hydrogens (primary N) is 1. The number of hydrogen-bond donors (Lipinski definition) is 1. The first-order chi connectivity index (χ1) is 9.49. The topological polar surface area (TPSA) is 46.3 Å². The molecule has 2 N–H and O–H groups in total. The van der Waals surface area contributed by atoms with Crippen molar-refractivity contribution in [3.63, 3.8) is 0 Å². The Balaban J connectivity index is 2.24. The van der Waals surface area contributed by atoms with Gasteiger partial charge >= 0.3 is 0 Å². The fraction of sp³-hybridized carbons (Fsp3) is 0.125. The summed E-state index contributed by atoms with van der Waals surface area (Å²) in [5.41, 5.74) is 8.89. The van der Waals surface area contributed by atoms with Crippen molar-refractivity contribution in [2.75, 3.05) is 11.9 Å². The third-order valence-corrected chi connectivity index (χ3v) is 3.35. The molecule has 2 aromatic carbocycles. The Hall–Kier alpha value is -2.20. The number of anilines is 1. The van der Waals surface area contributed by atoms with Gasteiger partial charge in [-0.15, -0.1) is 0 Å².